The molecule has 0 aromatic heterocycles. The lowest BCUT2D eigenvalue weighted by Crippen LogP contribution is -2.55. The molecule has 1 N–H and O–H groups in total. The highest BCUT2D eigenvalue weighted by molar-refractivity contribution is 5.96. The largest absolute Gasteiger partial charge is 0.376 e. The van der Waals surface area contributed by atoms with Crippen LogP contribution in [0.2, 0.25) is 0 Å². The third-order valence-electron chi connectivity index (χ3n) is 5.64. The molecule has 138 valence electrons. The first-order valence-electron chi connectivity index (χ1n) is 9.50. The Balaban J connectivity index is 1.86. The molecular weight excluding hydrogens is 322 g/mol. The molecule has 0 bridgehead atoms. The third-order valence-corrected chi connectivity index (χ3v) is 5.64. The SMILES string of the molecule is CCOC(C)(C)CCNC(=O)C1(c2ccccc2)c2ccccc2[C@H]1C. The number of amides is 1. The van der Waals surface area contributed by atoms with Crippen molar-refractivity contribution in [1.82, 2.24) is 5.32 Å². The van der Waals surface area contributed by atoms with Gasteiger partial charge < -0.3 is 10.1 Å². The number of carbonyl (C=O) groups excluding carboxylic acids is 1. The van der Waals surface area contributed by atoms with Gasteiger partial charge in [0.25, 0.3) is 0 Å². The van der Waals surface area contributed by atoms with Gasteiger partial charge in [-0.25, -0.2) is 0 Å². The second-order valence-corrected chi connectivity index (χ2v) is 7.68. The lowest BCUT2D eigenvalue weighted by Gasteiger charge is -2.49. The number of rotatable bonds is 7. The van der Waals surface area contributed by atoms with E-state index < -0.39 is 5.41 Å². The number of fused-ring (bicyclic) bond motifs is 1. The standard InChI is InChI=1S/C23H29NO2/c1-5-26-22(3,4)15-16-24-21(25)23(18-11-7-6-8-12-18)17(2)19-13-9-10-14-20(19)23/h6-14,17H,5,15-16H2,1-4H3,(H,24,25)/t17-,23?/m1/s1. The van der Waals surface area contributed by atoms with Gasteiger partial charge in [0.2, 0.25) is 5.91 Å². The van der Waals surface area contributed by atoms with Gasteiger partial charge in [-0.15, -0.1) is 0 Å². The van der Waals surface area contributed by atoms with Crippen molar-refractivity contribution in [2.45, 2.75) is 51.0 Å². The van der Waals surface area contributed by atoms with E-state index in [1.54, 1.807) is 0 Å². The summed E-state index contributed by atoms with van der Waals surface area (Å²) < 4.78 is 5.75. The summed E-state index contributed by atoms with van der Waals surface area (Å²) in [5, 5.41) is 3.19. The van der Waals surface area contributed by atoms with E-state index in [1.165, 1.54) is 5.56 Å². The molecule has 3 rings (SSSR count). The summed E-state index contributed by atoms with van der Waals surface area (Å²) in [5.41, 5.74) is 2.62. The maximum Gasteiger partial charge on any atom is 0.235 e. The first-order valence-corrected chi connectivity index (χ1v) is 9.50. The van der Waals surface area contributed by atoms with Crippen LogP contribution in [0, 0.1) is 0 Å². The Kier molecular flexibility index (Phi) is 5.19. The maximum absolute atomic E-state index is 13.4. The topological polar surface area (TPSA) is 38.3 Å². The maximum atomic E-state index is 13.4. The molecule has 0 aliphatic heterocycles. The predicted molar refractivity (Wildman–Crippen MR) is 105 cm³/mol. The van der Waals surface area contributed by atoms with Crippen LogP contribution in [-0.2, 0) is 14.9 Å². The van der Waals surface area contributed by atoms with Crippen molar-refractivity contribution in [3.63, 3.8) is 0 Å². The second kappa shape index (κ2) is 7.24. The molecule has 3 heteroatoms. The van der Waals surface area contributed by atoms with Gasteiger partial charge >= 0.3 is 0 Å². The van der Waals surface area contributed by atoms with Gasteiger partial charge in [0.15, 0.2) is 0 Å². The van der Waals surface area contributed by atoms with E-state index in [0.717, 1.165) is 17.5 Å². The van der Waals surface area contributed by atoms with Crippen LogP contribution in [0.3, 0.4) is 0 Å². The average Bonchev–Trinajstić information content (AvgIpc) is 2.62. The molecular formula is C23H29NO2. The first-order chi connectivity index (χ1) is 12.4. The Morgan fingerprint density at radius 3 is 2.46 bits per heavy atom. The van der Waals surface area contributed by atoms with Crippen molar-refractivity contribution in [3.8, 4) is 0 Å². The molecule has 0 spiro atoms. The quantitative estimate of drug-likeness (QED) is 0.802. The van der Waals surface area contributed by atoms with Crippen LogP contribution in [0.15, 0.2) is 54.6 Å². The normalized spacial score (nSPS) is 21.6. The number of benzene rings is 2. The first kappa shape index (κ1) is 18.7. The second-order valence-electron chi connectivity index (χ2n) is 7.68. The van der Waals surface area contributed by atoms with Crippen LogP contribution in [0.4, 0.5) is 0 Å². The highest BCUT2D eigenvalue weighted by Gasteiger charge is 2.55. The highest BCUT2D eigenvalue weighted by atomic mass is 16.5. The minimum absolute atomic E-state index is 0.0854. The number of hydrogen-bond acceptors (Lipinski definition) is 2. The van der Waals surface area contributed by atoms with Crippen molar-refractivity contribution in [2.75, 3.05) is 13.2 Å². The zero-order valence-corrected chi connectivity index (χ0v) is 16.2. The molecule has 0 radical (unpaired) electrons. The van der Waals surface area contributed by atoms with Crippen molar-refractivity contribution in [2.24, 2.45) is 0 Å². The fourth-order valence-electron chi connectivity index (χ4n) is 4.26. The van der Waals surface area contributed by atoms with Gasteiger partial charge in [0.05, 0.1) is 5.60 Å². The van der Waals surface area contributed by atoms with Crippen molar-refractivity contribution in [1.29, 1.82) is 0 Å². The highest BCUT2D eigenvalue weighted by Crippen LogP contribution is 2.55. The summed E-state index contributed by atoms with van der Waals surface area (Å²) in [5.74, 6) is 0.239. The minimum atomic E-state index is -0.604. The molecule has 2 atom stereocenters. The van der Waals surface area contributed by atoms with E-state index in [1.807, 2.05) is 37.3 Å². The smallest absolute Gasteiger partial charge is 0.235 e. The Labute approximate surface area is 156 Å². The van der Waals surface area contributed by atoms with Gasteiger partial charge in [-0.05, 0) is 43.9 Å². The molecule has 0 saturated heterocycles. The van der Waals surface area contributed by atoms with E-state index in [0.29, 0.717) is 13.2 Å². The summed E-state index contributed by atoms with van der Waals surface area (Å²) >= 11 is 0. The summed E-state index contributed by atoms with van der Waals surface area (Å²) in [6.07, 6.45) is 0.785. The van der Waals surface area contributed by atoms with Crippen molar-refractivity contribution in [3.05, 3.63) is 71.3 Å². The molecule has 26 heavy (non-hydrogen) atoms. The zero-order chi connectivity index (χ0) is 18.8. The summed E-state index contributed by atoms with van der Waals surface area (Å²) in [4.78, 5) is 13.4. The molecule has 0 heterocycles. The Bertz CT molecular complexity index is 769. The Morgan fingerprint density at radius 1 is 1.12 bits per heavy atom. The predicted octanol–water partition coefficient (Wildman–Crippen LogP) is 4.41. The van der Waals surface area contributed by atoms with Crippen LogP contribution in [0.1, 0.15) is 56.7 Å². The molecule has 0 fully saturated rings. The lowest BCUT2D eigenvalue weighted by molar-refractivity contribution is -0.127. The summed E-state index contributed by atoms with van der Waals surface area (Å²) in [7, 11) is 0. The number of carbonyl (C=O) groups is 1. The molecule has 2 aromatic carbocycles. The molecule has 1 unspecified atom stereocenters. The lowest BCUT2D eigenvalue weighted by atomic mass is 9.53. The molecule has 1 amide bonds. The van der Waals surface area contributed by atoms with E-state index >= 15 is 0 Å². The van der Waals surface area contributed by atoms with Crippen molar-refractivity contribution < 1.29 is 9.53 Å². The number of ether oxygens (including phenoxy) is 1. The van der Waals surface area contributed by atoms with Crippen LogP contribution in [-0.4, -0.2) is 24.7 Å². The van der Waals surface area contributed by atoms with Gasteiger partial charge in [0.1, 0.15) is 5.41 Å². The summed E-state index contributed by atoms with van der Waals surface area (Å²) in [6, 6.07) is 18.4. The van der Waals surface area contributed by atoms with Crippen molar-refractivity contribution >= 4 is 5.91 Å². The van der Waals surface area contributed by atoms with Crippen LogP contribution >= 0.6 is 0 Å². The van der Waals surface area contributed by atoms with Crippen LogP contribution in [0.5, 0.6) is 0 Å². The average molecular weight is 351 g/mol. The molecule has 1 aliphatic carbocycles. The van der Waals surface area contributed by atoms with Gasteiger partial charge in [0, 0.05) is 19.1 Å². The van der Waals surface area contributed by atoms with Crippen LogP contribution in [0.25, 0.3) is 0 Å². The van der Waals surface area contributed by atoms with E-state index in [-0.39, 0.29) is 17.4 Å². The van der Waals surface area contributed by atoms with E-state index in [9.17, 15) is 4.79 Å². The fourth-order valence-corrected chi connectivity index (χ4v) is 4.26. The molecule has 3 nitrogen and oxygen atoms in total. The van der Waals surface area contributed by atoms with Gasteiger partial charge in [-0.1, -0.05) is 61.5 Å². The van der Waals surface area contributed by atoms with E-state index in [4.69, 9.17) is 4.74 Å². The molecule has 2 aromatic rings. The number of nitrogens with one attached hydrogen (secondary N) is 1. The molecule has 1 aliphatic rings. The van der Waals surface area contributed by atoms with E-state index in [2.05, 4.69) is 50.4 Å². The minimum Gasteiger partial charge on any atom is -0.376 e. The van der Waals surface area contributed by atoms with Gasteiger partial charge in [-0.2, -0.15) is 0 Å². The van der Waals surface area contributed by atoms with Gasteiger partial charge in [-0.3, -0.25) is 4.79 Å². The Hall–Kier alpha value is -2.13. The third kappa shape index (κ3) is 3.05. The fraction of sp³-hybridized carbons (Fsp3) is 0.435. The Morgan fingerprint density at radius 2 is 1.77 bits per heavy atom. The summed E-state index contributed by atoms with van der Waals surface area (Å²) in [6.45, 7) is 9.57. The van der Waals surface area contributed by atoms with Crippen LogP contribution < -0.4 is 5.32 Å². The molecule has 0 saturated carbocycles. The monoisotopic (exact) mass is 351 g/mol. The number of hydrogen-bond donors (Lipinski definition) is 1. The zero-order valence-electron chi connectivity index (χ0n) is 16.2.